The average Bonchev–Trinajstić information content (AvgIpc) is 2.62. The van der Waals surface area contributed by atoms with Gasteiger partial charge in [0, 0.05) is 10.0 Å². The molecule has 0 fully saturated rings. The van der Waals surface area contributed by atoms with Crippen LogP contribution in [-0.2, 0) is 13.6 Å². The molecule has 0 bridgehead atoms. The van der Waals surface area contributed by atoms with E-state index in [0.29, 0.717) is 16.5 Å². The molecule has 0 aliphatic rings. The molecule has 0 saturated heterocycles. The van der Waals surface area contributed by atoms with Crippen LogP contribution in [0.3, 0.4) is 0 Å². The van der Waals surface area contributed by atoms with Gasteiger partial charge in [0.2, 0.25) is 5.43 Å². The Morgan fingerprint density at radius 2 is 1.73 bits per heavy atom. The highest BCUT2D eigenvalue weighted by Crippen LogP contribution is 2.48. The highest BCUT2D eigenvalue weighted by atomic mass is 79.9. The standard InChI is InChI=1S/C19H18BrO5P/c1-3-23-26(22,24-4-2)19-17(21)15-10-5-6-11-16(15)25-18(19)13-8-7-9-14(20)12-13/h5-12H,3-4H2,1-2H3. The van der Waals surface area contributed by atoms with Crippen LogP contribution in [0.2, 0.25) is 0 Å². The Morgan fingerprint density at radius 1 is 1.04 bits per heavy atom. The van der Waals surface area contributed by atoms with E-state index in [9.17, 15) is 9.36 Å². The van der Waals surface area contributed by atoms with Crippen molar-refractivity contribution in [2.45, 2.75) is 13.8 Å². The van der Waals surface area contributed by atoms with Gasteiger partial charge in [0.25, 0.3) is 0 Å². The van der Waals surface area contributed by atoms with E-state index in [1.54, 1.807) is 50.2 Å². The van der Waals surface area contributed by atoms with Crippen LogP contribution >= 0.6 is 23.5 Å². The zero-order valence-corrected chi connectivity index (χ0v) is 16.9. The lowest BCUT2D eigenvalue weighted by atomic mass is 10.1. The van der Waals surface area contributed by atoms with Crippen LogP contribution in [0.25, 0.3) is 22.3 Å². The molecule has 0 spiro atoms. The van der Waals surface area contributed by atoms with E-state index >= 15 is 0 Å². The zero-order chi connectivity index (χ0) is 18.7. The number of fused-ring (bicyclic) bond motifs is 1. The SMILES string of the molecule is CCOP(=O)(OCC)c1c(-c2cccc(Br)c2)oc2ccccc2c1=O. The van der Waals surface area contributed by atoms with Crippen LogP contribution < -0.4 is 10.7 Å². The maximum Gasteiger partial charge on any atom is 0.369 e. The van der Waals surface area contributed by atoms with Crippen LogP contribution in [0.5, 0.6) is 0 Å². The van der Waals surface area contributed by atoms with Gasteiger partial charge >= 0.3 is 7.60 Å². The second-order valence-electron chi connectivity index (χ2n) is 5.45. The molecule has 5 nitrogen and oxygen atoms in total. The van der Waals surface area contributed by atoms with Crippen molar-refractivity contribution in [2.24, 2.45) is 0 Å². The fourth-order valence-electron chi connectivity index (χ4n) is 2.71. The zero-order valence-electron chi connectivity index (χ0n) is 14.4. The van der Waals surface area contributed by atoms with E-state index in [1.165, 1.54) is 0 Å². The summed E-state index contributed by atoms with van der Waals surface area (Å²) in [4.78, 5) is 13.2. The molecule has 0 aliphatic heterocycles. The summed E-state index contributed by atoms with van der Waals surface area (Å²) in [7, 11) is -3.85. The maximum atomic E-state index is 13.4. The molecular formula is C19H18BrO5P. The highest BCUT2D eigenvalue weighted by molar-refractivity contribution is 9.10. The van der Waals surface area contributed by atoms with Gasteiger partial charge in [-0.2, -0.15) is 0 Å². The van der Waals surface area contributed by atoms with Crippen molar-refractivity contribution in [2.75, 3.05) is 13.2 Å². The van der Waals surface area contributed by atoms with Crippen molar-refractivity contribution in [3.63, 3.8) is 0 Å². The van der Waals surface area contributed by atoms with E-state index in [0.717, 1.165) is 4.47 Å². The molecule has 0 N–H and O–H groups in total. The Kier molecular flexibility index (Phi) is 5.78. The van der Waals surface area contributed by atoms with Gasteiger partial charge in [0.1, 0.15) is 5.58 Å². The molecule has 0 atom stereocenters. The normalized spacial score (nSPS) is 11.8. The number of rotatable bonds is 6. The Hall–Kier alpha value is -1.72. The third-order valence-electron chi connectivity index (χ3n) is 3.73. The fraction of sp³-hybridized carbons (Fsp3) is 0.211. The minimum atomic E-state index is -3.85. The molecule has 7 heteroatoms. The Bertz CT molecular complexity index is 1030. The van der Waals surface area contributed by atoms with Crippen molar-refractivity contribution in [1.29, 1.82) is 0 Å². The van der Waals surface area contributed by atoms with Gasteiger partial charge in [-0.25, -0.2) is 0 Å². The molecular weight excluding hydrogens is 419 g/mol. The van der Waals surface area contributed by atoms with Crippen molar-refractivity contribution in [3.05, 3.63) is 63.2 Å². The second-order valence-corrected chi connectivity index (χ2v) is 8.32. The first-order valence-corrected chi connectivity index (χ1v) is 10.5. The van der Waals surface area contributed by atoms with E-state index in [1.807, 2.05) is 12.1 Å². The lowest BCUT2D eigenvalue weighted by Crippen LogP contribution is -2.29. The summed E-state index contributed by atoms with van der Waals surface area (Å²) in [6.07, 6.45) is 0. The number of para-hydroxylation sites is 1. The maximum absolute atomic E-state index is 13.4. The minimum Gasteiger partial charge on any atom is -0.455 e. The van der Waals surface area contributed by atoms with Gasteiger partial charge in [-0.3, -0.25) is 9.36 Å². The molecule has 26 heavy (non-hydrogen) atoms. The van der Waals surface area contributed by atoms with E-state index in [4.69, 9.17) is 13.5 Å². The molecule has 3 rings (SSSR count). The Balaban J connectivity index is 2.42. The summed E-state index contributed by atoms with van der Waals surface area (Å²) < 4.78 is 31.1. The van der Waals surface area contributed by atoms with Gasteiger partial charge in [-0.15, -0.1) is 0 Å². The largest absolute Gasteiger partial charge is 0.455 e. The summed E-state index contributed by atoms with van der Waals surface area (Å²) in [5.41, 5.74) is 0.611. The second kappa shape index (κ2) is 7.89. The fourth-order valence-corrected chi connectivity index (χ4v) is 4.92. The van der Waals surface area contributed by atoms with Gasteiger partial charge in [-0.1, -0.05) is 40.2 Å². The predicted molar refractivity (Wildman–Crippen MR) is 106 cm³/mol. The summed E-state index contributed by atoms with van der Waals surface area (Å²) >= 11 is 3.41. The molecule has 0 amide bonds. The molecule has 0 saturated carbocycles. The minimum absolute atomic E-state index is 0.0713. The first-order chi connectivity index (χ1) is 12.5. The van der Waals surface area contributed by atoms with Crippen LogP contribution in [0, 0.1) is 0 Å². The monoisotopic (exact) mass is 436 g/mol. The van der Waals surface area contributed by atoms with Gasteiger partial charge in [0.05, 0.1) is 18.6 Å². The summed E-state index contributed by atoms with van der Waals surface area (Å²) in [6.45, 7) is 3.68. The third-order valence-corrected chi connectivity index (χ3v) is 6.38. The molecule has 0 unspecified atom stereocenters. The number of halogens is 1. The molecule has 0 aliphatic carbocycles. The van der Waals surface area contributed by atoms with Gasteiger partial charge in [-0.05, 0) is 38.1 Å². The van der Waals surface area contributed by atoms with E-state index in [2.05, 4.69) is 15.9 Å². The number of hydrogen-bond acceptors (Lipinski definition) is 5. The van der Waals surface area contributed by atoms with E-state index in [-0.39, 0.29) is 24.3 Å². The quantitative estimate of drug-likeness (QED) is 0.502. The first-order valence-electron chi connectivity index (χ1n) is 8.21. The number of benzene rings is 2. The van der Waals surface area contributed by atoms with Crippen LogP contribution in [0.4, 0.5) is 0 Å². The Morgan fingerprint density at radius 3 is 2.38 bits per heavy atom. The van der Waals surface area contributed by atoms with E-state index < -0.39 is 13.0 Å². The summed E-state index contributed by atoms with van der Waals surface area (Å²) in [5.74, 6) is 0.195. The van der Waals surface area contributed by atoms with Crippen molar-refractivity contribution in [3.8, 4) is 11.3 Å². The molecule has 1 aromatic heterocycles. The smallest absolute Gasteiger partial charge is 0.369 e. The summed E-state index contributed by atoms with van der Waals surface area (Å²) in [5, 5.41) is 0.263. The van der Waals surface area contributed by atoms with Crippen LogP contribution in [0.15, 0.2) is 62.2 Å². The number of hydrogen-bond donors (Lipinski definition) is 0. The topological polar surface area (TPSA) is 65.7 Å². The van der Waals surface area contributed by atoms with Crippen LogP contribution in [0.1, 0.15) is 13.8 Å². The van der Waals surface area contributed by atoms with Gasteiger partial charge < -0.3 is 13.5 Å². The molecule has 0 radical (unpaired) electrons. The lowest BCUT2D eigenvalue weighted by molar-refractivity contribution is 0.229. The molecule has 3 aromatic rings. The Labute approximate surface area is 159 Å². The van der Waals surface area contributed by atoms with Crippen LogP contribution in [-0.4, -0.2) is 13.2 Å². The average molecular weight is 437 g/mol. The van der Waals surface area contributed by atoms with Gasteiger partial charge in [0.15, 0.2) is 11.1 Å². The first kappa shape index (κ1) is 19.1. The summed E-state index contributed by atoms with van der Waals surface area (Å²) in [6, 6.07) is 14.1. The lowest BCUT2D eigenvalue weighted by Gasteiger charge is -2.19. The molecule has 136 valence electrons. The van der Waals surface area contributed by atoms with Crippen molar-refractivity contribution < 1.29 is 18.0 Å². The molecule has 2 aromatic carbocycles. The predicted octanol–water partition coefficient (Wildman–Crippen LogP) is 5.11. The molecule has 1 heterocycles. The third kappa shape index (κ3) is 3.55. The van der Waals surface area contributed by atoms with Crippen molar-refractivity contribution >= 4 is 39.8 Å². The van der Waals surface area contributed by atoms with Crippen molar-refractivity contribution in [1.82, 2.24) is 0 Å². The highest BCUT2D eigenvalue weighted by Gasteiger charge is 2.36.